The van der Waals surface area contributed by atoms with Gasteiger partial charge in [0.15, 0.2) is 29.3 Å². The molecule has 0 saturated heterocycles. The SMILES string of the molecule is CCOC1CCN2c3c1cc(-c1sc(-c4sc(C=O)c5c4OCCO5)c4c1OCCO4)cc3C(OCC)CC2C(C)C. The van der Waals surface area contributed by atoms with E-state index in [0.717, 1.165) is 51.6 Å². The van der Waals surface area contributed by atoms with E-state index in [9.17, 15) is 4.79 Å². The topological polar surface area (TPSA) is 75.7 Å². The minimum atomic E-state index is 0.00478. The maximum Gasteiger partial charge on any atom is 0.183 e. The Morgan fingerprint density at radius 1 is 0.857 bits per heavy atom. The molecule has 4 aliphatic heterocycles. The van der Waals surface area contributed by atoms with Gasteiger partial charge in [0.05, 0.1) is 26.8 Å². The highest BCUT2D eigenvalue weighted by atomic mass is 32.1. The normalized spacial score (nSPS) is 22.3. The van der Waals surface area contributed by atoms with E-state index in [1.807, 2.05) is 0 Å². The average molecular weight is 612 g/mol. The number of carbonyl (C=O) groups is 1. The Morgan fingerprint density at radius 2 is 1.43 bits per heavy atom. The van der Waals surface area contributed by atoms with Crippen molar-refractivity contribution in [2.24, 2.45) is 5.92 Å². The van der Waals surface area contributed by atoms with E-state index in [4.69, 9.17) is 28.4 Å². The summed E-state index contributed by atoms with van der Waals surface area (Å²) in [5.41, 5.74) is 4.79. The number of nitrogens with zero attached hydrogens (tertiary/aromatic N) is 1. The molecule has 0 N–H and O–H groups in total. The number of thiophene rings is 2. The summed E-state index contributed by atoms with van der Waals surface area (Å²) in [7, 11) is 0. The van der Waals surface area contributed by atoms with Crippen molar-refractivity contribution in [2.75, 3.05) is 51.1 Å². The van der Waals surface area contributed by atoms with Crippen LogP contribution in [-0.2, 0) is 9.47 Å². The molecule has 0 saturated carbocycles. The molecular weight excluding hydrogens is 574 g/mol. The van der Waals surface area contributed by atoms with Crippen LogP contribution in [0.3, 0.4) is 0 Å². The third kappa shape index (κ3) is 4.49. The molecule has 0 radical (unpaired) electrons. The monoisotopic (exact) mass is 611 g/mol. The summed E-state index contributed by atoms with van der Waals surface area (Å²) >= 11 is 2.99. The average Bonchev–Trinajstić information content (AvgIpc) is 3.58. The zero-order valence-electron chi connectivity index (χ0n) is 24.5. The number of fused-ring (bicyclic) bond motifs is 2. The van der Waals surface area contributed by atoms with Crippen LogP contribution in [0.1, 0.15) is 73.5 Å². The van der Waals surface area contributed by atoms with Gasteiger partial charge in [0.2, 0.25) is 0 Å². The van der Waals surface area contributed by atoms with Gasteiger partial charge in [-0.15, -0.1) is 22.7 Å². The van der Waals surface area contributed by atoms with E-state index < -0.39 is 0 Å². The van der Waals surface area contributed by atoms with Gasteiger partial charge in [-0.1, -0.05) is 13.8 Å². The standard InChI is InChI=1S/C32H37NO7S2/c1-5-35-22-7-8-33-21(17(3)4)15-23(36-6-2)20-14-18(13-19(22)25(20)33)30-28-29(40-12-11-39-28)32(42-30)31-27-26(24(16-34)41-31)37-9-10-38-27/h13-14,16-17,21-23H,5-12,15H2,1-4H3. The first-order valence-corrected chi connectivity index (χ1v) is 16.7. The van der Waals surface area contributed by atoms with Gasteiger partial charge in [-0.05, 0) is 50.3 Å². The first kappa shape index (κ1) is 28.0. The molecule has 0 bridgehead atoms. The van der Waals surface area contributed by atoms with Crippen LogP contribution >= 0.6 is 22.7 Å². The van der Waals surface area contributed by atoms with Crippen LogP contribution in [0.25, 0.3) is 20.2 Å². The number of rotatable bonds is 8. The molecule has 2 aromatic heterocycles. The highest BCUT2D eigenvalue weighted by Gasteiger charge is 2.41. The molecule has 7 rings (SSSR count). The lowest BCUT2D eigenvalue weighted by Gasteiger charge is -2.48. The Balaban J connectivity index is 1.42. The van der Waals surface area contributed by atoms with Crippen LogP contribution in [0.5, 0.6) is 23.0 Å². The van der Waals surface area contributed by atoms with Crippen LogP contribution in [0, 0.1) is 5.92 Å². The zero-order chi connectivity index (χ0) is 29.0. The Bertz CT molecular complexity index is 1480. The van der Waals surface area contributed by atoms with E-state index >= 15 is 0 Å². The second kappa shape index (κ2) is 11.4. The van der Waals surface area contributed by atoms with Crippen molar-refractivity contribution in [3.05, 3.63) is 28.1 Å². The van der Waals surface area contributed by atoms with E-state index in [2.05, 4.69) is 44.7 Å². The van der Waals surface area contributed by atoms with Crippen LogP contribution in [0.4, 0.5) is 5.69 Å². The number of benzene rings is 1. The summed E-state index contributed by atoms with van der Waals surface area (Å²) < 4.78 is 37.2. The van der Waals surface area contributed by atoms with Gasteiger partial charge in [-0.3, -0.25) is 4.79 Å². The van der Waals surface area contributed by atoms with Gasteiger partial charge in [0.1, 0.15) is 31.3 Å². The van der Waals surface area contributed by atoms with Crippen molar-refractivity contribution in [2.45, 2.75) is 58.8 Å². The lowest BCUT2D eigenvalue weighted by Crippen LogP contribution is -2.47. The highest BCUT2D eigenvalue weighted by molar-refractivity contribution is 7.25. The molecular formula is C32H37NO7S2. The molecule has 42 heavy (non-hydrogen) atoms. The predicted octanol–water partition coefficient (Wildman–Crippen LogP) is 7.29. The number of carbonyl (C=O) groups excluding carboxylic acids is 1. The fourth-order valence-corrected chi connectivity index (χ4v) is 9.12. The van der Waals surface area contributed by atoms with Crippen molar-refractivity contribution >= 4 is 34.6 Å². The Morgan fingerprint density at radius 3 is 2.07 bits per heavy atom. The van der Waals surface area contributed by atoms with E-state index in [1.54, 1.807) is 11.3 Å². The zero-order valence-corrected chi connectivity index (χ0v) is 26.2. The van der Waals surface area contributed by atoms with Crippen LogP contribution < -0.4 is 23.8 Å². The van der Waals surface area contributed by atoms with Gasteiger partial charge in [-0.25, -0.2) is 0 Å². The number of hydrogen-bond donors (Lipinski definition) is 0. The van der Waals surface area contributed by atoms with Gasteiger partial charge in [-0.2, -0.15) is 0 Å². The third-order valence-corrected chi connectivity index (χ3v) is 11.0. The summed E-state index contributed by atoms with van der Waals surface area (Å²) in [6.07, 6.45) is 2.77. The highest BCUT2D eigenvalue weighted by Crippen LogP contribution is 2.60. The van der Waals surface area contributed by atoms with Crippen molar-refractivity contribution in [3.8, 4) is 43.2 Å². The number of anilines is 1. The first-order valence-electron chi connectivity index (χ1n) is 15.0. The summed E-state index contributed by atoms with van der Waals surface area (Å²) in [5, 5.41) is 0. The largest absolute Gasteiger partial charge is 0.485 e. The number of ether oxygens (including phenoxy) is 6. The molecule has 8 nitrogen and oxygen atoms in total. The van der Waals surface area contributed by atoms with E-state index in [1.165, 1.54) is 28.2 Å². The summed E-state index contributed by atoms with van der Waals surface area (Å²) in [6.45, 7) is 12.9. The summed E-state index contributed by atoms with van der Waals surface area (Å²) in [6, 6.07) is 5.01. The second-order valence-corrected chi connectivity index (χ2v) is 13.4. The molecule has 4 aliphatic rings. The minimum absolute atomic E-state index is 0.00478. The lowest BCUT2D eigenvalue weighted by molar-refractivity contribution is 0.0329. The summed E-state index contributed by atoms with van der Waals surface area (Å²) in [5.74, 6) is 3.08. The molecule has 224 valence electrons. The quantitative estimate of drug-likeness (QED) is 0.246. The molecule has 10 heteroatoms. The van der Waals surface area contributed by atoms with Crippen molar-refractivity contribution in [3.63, 3.8) is 0 Å². The predicted molar refractivity (Wildman–Crippen MR) is 164 cm³/mol. The molecule has 0 aliphatic carbocycles. The van der Waals surface area contributed by atoms with Crippen molar-refractivity contribution in [1.29, 1.82) is 0 Å². The molecule has 0 spiro atoms. The molecule has 0 fully saturated rings. The molecule has 3 atom stereocenters. The Hall–Kier alpha value is -2.79. The Labute approximate surface area is 254 Å². The maximum absolute atomic E-state index is 11.9. The van der Waals surface area contributed by atoms with Crippen molar-refractivity contribution < 1.29 is 33.2 Å². The van der Waals surface area contributed by atoms with E-state index in [-0.39, 0.29) is 12.2 Å². The fraction of sp³-hybridized carbons (Fsp3) is 0.531. The van der Waals surface area contributed by atoms with E-state index in [0.29, 0.717) is 73.7 Å². The van der Waals surface area contributed by atoms with Gasteiger partial charge in [0.25, 0.3) is 0 Å². The number of hydrogen-bond acceptors (Lipinski definition) is 10. The van der Waals surface area contributed by atoms with Crippen molar-refractivity contribution in [1.82, 2.24) is 0 Å². The molecule has 1 aromatic carbocycles. The van der Waals surface area contributed by atoms with Gasteiger partial charge in [0, 0.05) is 42.6 Å². The maximum atomic E-state index is 11.9. The molecule has 0 amide bonds. The second-order valence-electron chi connectivity index (χ2n) is 11.3. The number of aldehydes is 1. The van der Waals surface area contributed by atoms with Crippen LogP contribution in [0.15, 0.2) is 12.1 Å². The Kier molecular flexibility index (Phi) is 7.58. The summed E-state index contributed by atoms with van der Waals surface area (Å²) in [4.78, 5) is 17.8. The van der Waals surface area contributed by atoms with Crippen LogP contribution in [-0.4, -0.2) is 58.5 Å². The first-order chi connectivity index (χ1) is 20.5. The van der Waals surface area contributed by atoms with Gasteiger partial charge >= 0.3 is 0 Å². The lowest BCUT2D eigenvalue weighted by atomic mass is 9.81. The smallest absolute Gasteiger partial charge is 0.183 e. The minimum Gasteiger partial charge on any atom is -0.485 e. The molecule has 3 aromatic rings. The van der Waals surface area contributed by atoms with Gasteiger partial charge < -0.3 is 33.3 Å². The van der Waals surface area contributed by atoms with Crippen LogP contribution in [0.2, 0.25) is 0 Å². The molecule has 6 heterocycles. The molecule has 3 unspecified atom stereocenters. The third-order valence-electron chi connectivity index (χ3n) is 8.54. The fourth-order valence-electron chi connectivity index (χ4n) is 6.82.